The number of carbonyl (C=O) groups is 1. The van der Waals surface area contributed by atoms with Crippen LogP contribution in [0.15, 0.2) is 42.5 Å². The minimum absolute atomic E-state index is 0.121. The van der Waals surface area contributed by atoms with Crippen LogP contribution in [0.2, 0.25) is 0 Å². The van der Waals surface area contributed by atoms with Crippen molar-refractivity contribution in [3.8, 4) is 17.3 Å². The van der Waals surface area contributed by atoms with Gasteiger partial charge < -0.3 is 15.0 Å². The molecule has 1 saturated heterocycles. The van der Waals surface area contributed by atoms with Crippen molar-refractivity contribution in [2.75, 3.05) is 25.0 Å². The van der Waals surface area contributed by atoms with Crippen LogP contribution in [0.25, 0.3) is 11.1 Å². The van der Waals surface area contributed by atoms with E-state index in [-0.39, 0.29) is 5.91 Å². The molecule has 0 saturated carbocycles. The lowest BCUT2D eigenvalue weighted by molar-refractivity contribution is -0.133. The maximum Gasteiger partial charge on any atom is 0.254 e. The van der Waals surface area contributed by atoms with Crippen molar-refractivity contribution in [1.29, 1.82) is 5.26 Å². The molecule has 0 bridgehead atoms. The molecule has 0 aliphatic carbocycles. The maximum atomic E-state index is 12.9. The van der Waals surface area contributed by atoms with Crippen LogP contribution in [0, 0.1) is 11.5 Å². The Bertz CT molecular complexity index is 936. The van der Waals surface area contributed by atoms with Gasteiger partial charge in [0.25, 0.3) is 5.91 Å². The summed E-state index contributed by atoms with van der Waals surface area (Å²) in [7, 11) is 0. The Labute approximate surface area is 171 Å². The number of carbonyl (C=O) groups excluding carboxylic acids is 1. The topological polar surface area (TPSA) is 68.6 Å². The number of nitrogens with zero attached hydrogens (tertiary/aromatic N) is 3. The van der Waals surface area contributed by atoms with Crippen molar-refractivity contribution in [3.63, 3.8) is 0 Å². The van der Waals surface area contributed by atoms with E-state index in [4.69, 9.17) is 4.74 Å². The van der Waals surface area contributed by atoms with Crippen LogP contribution in [0.5, 0.6) is 0 Å². The van der Waals surface area contributed by atoms with Crippen LogP contribution >= 0.6 is 0 Å². The Morgan fingerprint density at radius 2 is 2.03 bits per heavy atom. The summed E-state index contributed by atoms with van der Waals surface area (Å²) in [5, 5.41) is 12.4. The molecule has 2 aromatic rings. The van der Waals surface area contributed by atoms with Gasteiger partial charge in [0, 0.05) is 24.8 Å². The van der Waals surface area contributed by atoms with Gasteiger partial charge in [-0.1, -0.05) is 30.3 Å². The number of fused-ring (bicyclic) bond motifs is 1. The Kier molecular flexibility index (Phi) is 5.52. The van der Waals surface area contributed by atoms with Crippen molar-refractivity contribution < 1.29 is 9.53 Å². The average Bonchev–Trinajstić information content (AvgIpc) is 3.17. The third-order valence-corrected chi connectivity index (χ3v) is 5.67. The maximum absolute atomic E-state index is 12.9. The van der Waals surface area contributed by atoms with E-state index >= 15 is 0 Å². The van der Waals surface area contributed by atoms with E-state index in [1.54, 1.807) is 4.90 Å². The van der Waals surface area contributed by atoms with E-state index in [9.17, 15) is 10.1 Å². The lowest BCUT2D eigenvalue weighted by atomic mass is 9.96. The Balaban J connectivity index is 1.60. The number of nitriles is 1. The van der Waals surface area contributed by atoms with Crippen LogP contribution in [0.3, 0.4) is 0 Å². The van der Waals surface area contributed by atoms with Crippen LogP contribution in [-0.2, 0) is 22.6 Å². The van der Waals surface area contributed by atoms with Gasteiger partial charge >= 0.3 is 0 Å². The fraction of sp³-hybridized carbons (Fsp3) is 0.391. The lowest BCUT2D eigenvalue weighted by Crippen LogP contribution is -2.50. The molecule has 2 aromatic carbocycles. The normalized spacial score (nSPS) is 19.1. The molecule has 1 unspecified atom stereocenters. The summed E-state index contributed by atoms with van der Waals surface area (Å²) in [4.78, 5) is 16.9. The highest BCUT2D eigenvalue weighted by atomic mass is 16.5. The van der Waals surface area contributed by atoms with Crippen molar-refractivity contribution in [2.45, 2.75) is 39.1 Å². The first-order valence-electron chi connectivity index (χ1n) is 10.1. The Morgan fingerprint density at radius 1 is 1.24 bits per heavy atom. The third-order valence-electron chi connectivity index (χ3n) is 5.67. The van der Waals surface area contributed by atoms with Gasteiger partial charge in [-0.3, -0.25) is 9.69 Å². The number of amides is 1. The Hall–Kier alpha value is -2.88. The molecule has 6 nitrogen and oxygen atoms in total. The van der Waals surface area contributed by atoms with Gasteiger partial charge in [0.1, 0.15) is 6.10 Å². The van der Waals surface area contributed by atoms with Gasteiger partial charge in [0.05, 0.1) is 19.7 Å². The van der Waals surface area contributed by atoms with Crippen LogP contribution < -0.4 is 5.32 Å². The standard InChI is InChI=1S/C23H26N4O2/c1-16(2)27-8-9-29-22(14-27)23(28)25-19-10-18-12-26(15-24)13-21(18)20(11-19)17-6-4-3-5-7-17/h3-7,10-11,16,22H,8-9,12-14H2,1-2H3,(H,25,28). The van der Waals surface area contributed by atoms with Crippen molar-refractivity contribution in [3.05, 3.63) is 53.6 Å². The second kappa shape index (κ2) is 8.24. The highest BCUT2D eigenvalue weighted by Gasteiger charge is 2.29. The summed E-state index contributed by atoms with van der Waals surface area (Å²) >= 11 is 0. The zero-order valence-electron chi connectivity index (χ0n) is 16.9. The number of nitrogens with one attached hydrogen (secondary N) is 1. The van der Waals surface area contributed by atoms with Crippen LogP contribution in [0.4, 0.5) is 5.69 Å². The highest BCUT2D eigenvalue weighted by Crippen LogP contribution is 2.35. The van der Waals surface area contributed by atoms with Crippen LogP contribution in [0.1, 0.15) is 25.0 Å². The highest BCUT2D eigenvalue weighted by molar-refractivity contribution is 5.95. The molecule has 6 heteroatoms. The molecule has 1 atom stereocenters. The van der Waals surface area contributed by atoms with E-state index < -0.39 is 6.10 Å². The minimum Gasteiger partial charge on any atom is -0.366 e. The second-order valence-electron chi connectivity index (χ2n) is 7.92. The largest absolute Gasteiger partial charge is 0.366 e. The smallest absolute Gasteiger partial charge is 0.254 e. The second-order valence-corrected chi connectivity index (χ2v) is 7.92. The number of hydrogen-bond acceptors (Lipinski definition) is 5. The molecule has 1 fully saturated rings. The van der Waals surface area contributed by atoms with E-state index in [0.29, 0.717) is 32.3 Å². The van der Waals surface area contributed by atoms with Crippen molar-refractivity contribution >= 4 is 11.6 Å². The summed E-state index contributed by atoms with van der Waals surface area (Å²) in [6.45, 7) is 7.44. The first-order chi connectivity index (χ1) is 14.0. The molecule has 29 heavy (non-hydrogen) atoms. The quantitative estimate of drug-likeness (QED) is 0.812. The predicted molar refractivity (Wildman–Crippen MR) is 112 cm³/mol. The zero-order chi connectivity index (χ0) is 20.4. The summed E-state index contributed by atoms with van der Waals surface area (Å²) in [5.74, 6) is -0.121. The van der Waals surface area contributed by atoms with Gasteiger partial charge in [-0.05, 0) is 48.2 Å². The molecule has 150 valence electrons. The Morgan fingerprint density at radius 3 is 2.76 bits per heavy atom. The molecule has 1 amide bonds. The summed E-state index contributed by atoms with van der Waals surface area (Å²) in [6, 6.07) is 14.5. The van der Waals surface area contributed by atoms with Crippen molar-refractivity contribution in [1.82, 2.24) is 9.80 Å². The zero-order valence-corrected chi connectivity index (χ0v) is 16.9. The number of morpholine rings is 1. The predicted octanol–water partition coefficient (Wildman–Crippen LogP) is 3.20. The van der Waals surface area contributed by atoms with Crippen molar-refractivity contribution in [2.24, 2.45) is 0 Å². The summed E-state index contributed by atoms with van der Waals surface area (Å²) in [6.07, 6.45) is 1.76. The molecular weight excluding hydrogens is 364 g/mol. The molecule has 2 heterocycles. The molecule has 2 aliphatic heterocycles. The van der Waals surface area contributed by atoms with E-state index in [2.05, 4.69) is 42.4 Å². The average molecular weight is 390 g/mol. The first kappa shape index (κ1) is 19.4. The third kappa shape index (κ3) is 4.12. The first-order valence-corrected chi connectivity index (χ1v) is 10.1. The summed E-state index contributed by atoms with van der Waals surface area (Å²) in [5.41, 5.74) is 5.12. The van der Waals surface area contributed by atoms with Gasteiger partial charge in [0.2, 0.25) is 0 Å². The number of rotatable bonds is 4. The molecule has 0 radical (unpaired) electrons. The van der Waals surface area contributed by atoms with E-state index in [0.717, 1.165) is 34.5 Å². The molecule has 0 spiro atoms. The lowest BCUT2D eigenvalue weighted by Gasteiger charge is -2.34. The SMILES string of the molecule is CC(C)N1CCOC(C(=O)Nc2cc3c(c(-c4ccccc4)c2)CN(C#N)C3)C1. The molecular formula is C23H26N4O2. The van der Waals surface area contributed by atoms with E-state index in [1.165, 1.54) is 0 Å². The van der Waals surface area contributed by atoms with Crippen LogP contribution in [-0.4, -0.2) is 47.5 Å². The molecule has 2 aliphatic rings. The number of anilines is 1. The summed E-state index contributed by atoms with van der Waals surface area (Å²) < 4.78 is 5.73. The molecule has 1 N–H and O–H groups in total. The van der Waals surface area contributed by atoms with Gasteiger partial charge in [-0.25, -0.2) is 0 Å². The monoisotopic (exact) mass is 390 g/mol. The number of ether oxygens (including phenoxy) is 1. The molecule has 4 rings (SSSR count). The minimum atomic E-state index is -0.477. The molecule has 0 aromatic heterocycles. The van der Waals surface area contributed by atoms with Gasteiger partial charge in [-0.2, -0.15) is 5.26 Å². The fourth-order valence-corrected chi connectivity index (χ4v) is 4.05. The van der Waals surface area contributed by atoms with E-state index in [1.807, 2.05) is 30.3 Å². The number of hydrogen-bond donors (Lipinski definition) is 1. The fourth-order valence-electron chi connectivity index (χ4n) is 4.05. The number of benzene rings is 2. The van der Waals surface area contributed by atoms with Gasteiger partial charge in [-0.15, -0.1) is 0 Å². The van der Waals surface area contributed by atoms with Gasteiger partial charge in [0.15, 0.2) is 6.19 Å².